The molecule has 0 bridgehead atoms. The van der Waals surface area contributed by atoms with E-state index in [2.05, 4.69) is 10.5 Å². The van der Waals surface area contributed by atoms with Crippen molar-refractivity contribution in [3.63, 3.8) is 0 Å². The van der Waals surface area contributed by atoms with Crippen LogP contribution in [0.15, 0.2) is 47.0 Å². The van der Waals surface area contributed by atoms with E-state index in [4.69, 9.17) is 4.52 Å². The molecule has 0 fully saturated rings. The molecule has 1 amide bonds. The van der Waals surface area contributed by atoms with Gasteiger partial charge in [-0.15, -0.1) is 0 Å². The maximum absolute atomic E-state index is 12.9. The number of hydrogen-bond donors (Lipinski definition) is 1. The quantitative estimate of drug-likeness (QED) is 0.672. The van der Waals surface area contributed by atoms with Crippen LogP contribution in [0.25, 0.3) is 11.9 Å². The Hall–Kier alpha value is -3.15. The standard InChI is InChI=1S/C21H22FN3O2/c1-14-12-18(16(3)25(14)20-13-15(2)27-24-20)6-9-21(26)23-11-10-17-4-7-19(22)8-5-17/h4-9,12-13H,10-11H2,1-3H3,(H,23,26)/b9-6+. The van der Waals surface area contributed by atoms with Crippen LogP contribution in [0.1, 0.15) is 28.3 Å². The lowest BCUT2D eigenvalue weighted by Gasteiger charge is -2.04. The highest BCUT2D eigenvalue weighted by atomic mass is 19.1. The second-order valence-electron chi connectivity index (χ2n) is 6.46. The molecule has 0 atom stereocenters. The average molecular weight is 367 g/mol. The number of halogens is 1. The van der Waals surface area contributed by atoms with E-state index < -0.39 is 0 Å². The van der Waals surface area contributed by atoms with Gasteiger partial charge in [0.05, 0.1) is 0 Å². The third kappa shape index (κ3) is 4.53. The molecule has 0 aliphatic carbocycles. The number of aryl methyl sites for hydroxylation is 2. The zero-order valence-corrected chi connectivity index (χ0v) is 15.6. The number of benzene rings is 1. The highest BCUT2D eigenvalue weighted by Crippen LogP contribution is 2.21. The van der Waals surface area contributed by atoms with Gasteiger partial charge in [0, 0.05) is 30.1 Å². The molecule has 6 heteroatoms. The van der Waals surface area contributed by atoms with E-state index in [0.29, 0.717) is 13.0 Å². The van der Waals surface area contributed by atoms with Crippen LogP contribution in [0.4, 0.5) is 4.39 Å². The molecule has 3 aromatic rings. The molecule has 3 rings (SSSR count). The molecule has 27 heavy (non-hydrogen) atoms. The summed E-state index contributed by atoms with van der Waals surface area (Å²) in [5.74, 6) is 1.05. The van der Waals surface area contributed by atoms with E-state index in [1.165, 1.54) is 18.2 Å². The molecule has 0 aliphatic heterocycles. The summed E-state index contributed by atoms with van der Waals surface area (Å²) < 4.78 is 20.0. The summed E-state index contributed by atoms with van der Waals surface area (Å²) in [4.78, 5) is 12.0. The van der Waals surface area contributed by atoms with Crippen LogP contribution < -0.4 is 5.32 Å². The van der Waals surface area contributed by atoms with Gasteiger partial charge in [-0.3, -0.25) is 9.36 Å². The molecule has 1 aromatic carbocycles. The predicted molar refractivity (Wildman–Crippen MR) is 102 cm³/mol. The van der Waals surface area contributed by atoms with Crippen LogP contribution in [0, 0.1) is 26.6 Å². The minimum atomic E-state index is -0.260. The van der Waals surface area contributed by atoms with Crippen molar-refractivity contribution in [1.82, 2.24) is 15.0 Å². The molecule has 2 aromatic heterocycles. The average Bonchev–Trinajstić information content (AvgIpc) is 3.17. The lowest BCUT2D eigenvalue weighted by atomic mass is 10.1. The zero-order chi connectivity index (χ0) is 19.4. The minimum absolute atomic E-state index is 0.167. The van der Waals surface area contributed by atoms with Crippen LogP contribution >= 0.6 is 0 Å². The van der Waals surface area contributed by atoms with Crippen molar-refractivity contribution in [2.24, 2.45) is 0 Å². The Morgan fingerprint density at radius 2 is 1.96 bits per heavy atom. The van der Waals surface area contributed by atoms with Gasteiger partial charge in [-0.2, -0.15) is 0 Å². The fourth-order valence-corrected chi connectivity index (χ4v) is 2.97. The molecule has 0 saturated heterocycles. The van der Waals surface area contributed by atoms with E-state index in [1.54, 1.807) is 18.2 Å². The Labute approximate surface area is 157 Å². The maximum Gasteiger partial charge on any atom is 0.244 e. The number of nitrogens with zero attached hydrogens (tertiary/aromatic N) is 2. The third-order valence-electron chi connectivity index (χ3n) is 4.36. The van der Waals surface area contributed by atoms with Gasteiger partial charge in [0.2, 0.25) is 5.91 Å². The lowest BCUT2D eigenvalue weighted by molar-refractivity contribution is -0.116. The summed E-state index contributed by atoms with van der Waals surface area (Å²) in [6.07, 6.45) is 3.96. The summed E-state index contributed by atoms with van der Waals surface area (Å²) in [7, 11) is 0. The molecule has 0 spiro atoms. The molecule has 2 heterocycles. The van der Waals surface area contributed by atoms with E-state index in [-0.39, 0.29) is 11.7 Å². The first-order valence-electron chi connectivity index (χ1n) is 8.77. The number of nitrogens with one attached hydrogen (secondary N) is 1. The van der Waals surface area contributed by atoms with Crippen molar-refractivity contribution in [2.75, 3.05) is 6.54 Å². The Bertz CT molecular complexity index is 968. The van der Waals surface area contributed by atoms with Crippen LogP contribution in [0.2, 0.25) is 0 Å². The summed E-state index contributed by atoms with van der Waals surface area (Å²) >= 11 is 0. The zero-order valence-electron chi connectivity index (χ0n) is 15.6. The monoisotopic (exact) mass is 367 g/mol. The molecule has 0 radical (unpaired) electrons. The predicted octanol–water partition coefficient (Wildman–Crippen LogP) is 3.90. The van der Waals surface area contributed by atoms with Crippen LogP contribution in [-0.4, -0.2) is 22.2 Å². The fraction of sp³-hybridized carbons (Fsp3) is 0.238. The highest BCUT2D eigenvalue weighted by Gasteiger charge is 2.12. The number of aromatic nitrogens is 2. The second kappa shape index (κ2) is 8.03. The third-order valence-corrected chi connectivity index (χ3v) is 4.36. The van der Waals surface area contributed by atoms with Gasteiger partial charge >= 0.3 is 0 Å². The minimum Gasteiger partial charge on any atom is -0.360 e. The molecule has 5 nitrogen and oxygen atoms in total. The van der Waals surface area contributed by atoms with Gasteiger partial charge in [-0.25, -0.2) is 4.39 Å². The van der Waals surface area contributed by atoms with E-state index in [1.807, 2.05) is 37.5 Å². The first kappa shape index (κ1) is 18.6. The molecule has 0 aliphatic rings. The van der Waals surface area contributed by atoms with Crippen molar-refractivity contribution in [1.29, 1.82) is 0 Å². The van der Waals surface area contributed by atoms with Crippen molar-refractivity contribution < 1.29 is 13.7 Å². The molecule has 140 valence electrons. The van der Waals surface area contributed by atoms with Gasteiger partial charge in [0.1, 0.15) is 11.6 Å². The summed E-state index contributed by atoms with van der Waals surface area (Å²) in [6.45, 7) is 6.30. The smallest absolute Gasteiger partial charge is 0.244 e. The van der Waals surface area contributed by atoms with Crippen LogP contribution in [0.3, 0.4) is 0 Å². The van der Waals surface area contributed by atoms with Crippen molar-refractivity contribution >= 4 is 12.0 Å². The Balaban J connectivity index is 1.60. The highest BCUT2D eigenvalue weighted by molar-refractivity contribution is 5.91. The van der Waals surface area contributed by atoms with Gasteiger partial charge < -0.3 is 9.84 Å². The van der Waals surface area contributed by atoms with E-state index in [9.17, 15) is 9.18 Å². The Morgan fingerprint density at radius 1 is 1.22 bits per heavy atom. The van der Waals surface area contributed by atoms with Crippen molar-refractivity contribution in [3.8, 4) is 5.82 Å². The second-order valence-corrected chi connectivity index (χ2v) is 6.46. The van der Waals surface area contributed by atoms with Crippen LogP contribution in [0.5, 0.6) is 0 Å². The topological polar surface area (TPSA) is 60.1 Å². The number of hydrogen-bond acceptors (Lipinski definition) is 3. The van der Waals surface area contributed by atoms with Gasteiger partial charge in [-0.05, 0) is 62.6 Å². The number of amides is 1. The molecule has 0 unspecified atom stereocenters. The molecule has 1 N–H and O–H groups in total. The SMILES string of the molecule is Cc1cc(-n2c(C)cc(/C=C/C(=O)NCCc3ccc(F)cc3)c2C)no1. The molecular formula is C21H22FN3O2. The van der Waals surface area contributed by atoms with Gasteiger partial charge in [-0.1, -0.05) is 17.3 Å². The summed E-state index contributed by atoms with van der Waals surface area (Å²) in [5, 5.41) is 6.89. The summed E-state index contributed by atoms with van der Waals surface area (Å²) in [6, 6.07) is 10.2. The lowest BCUT2D eigenvalue weighted by Crippen LogP contribution is -2.23. The molecular weight excluding hydrogens is 345 g/mol. The Morgan fingerprint density at radius 3 is 2.63 bits per heavy atom. The fourth-order valence-electron chi connectivity index (χ4n) is 2.97. The molecule has 0 saturated carbocycles. The summed E-state index contributed by atoms with van der Waals surface area (Å²) in [5.41, 5.74) is 3.92. The first-order chi connectivity index (χ1) is 12.9. The normalized spacial score (nSPS) is 11.3. The first-order valence-corrected chi connectivity index (χ1v) is 8.77. The number of carbonyl (C=O) groups excluding carboxylic acids is 1. The van der Waals surface area contributed by atoms with Crippen LogP contribution in [-0.2, 0) is 11.2 Å². The van der Waals surface area contributed by atoms with E-state index in [0.717, 1.165) is 34.1 Å². The Kier molecular flexibility index (Phi) is 5.54. The van der Waals surface area contributed by atoms with Crippen molar-refractivity contribution in [3.05, 3.63) is 76.6 Å². The maximum atomic E-state index is 12.9. The van der Waals surface area contributed by atoms with E-state index >= 15 is 0 Å². The van der Waals surface area contributed by atoms with Gasteiger partial charge in [0.25, 0.3) is 0 Å². The van der Waals surface area contributed by atoms with Gasteiger partial charge in [0.15, 0.2) is 5.82 Å². The largest absolute Gasteiger partial charge is 0.360 e. The number of carbonyl (C=O) groups is 1. The number of rotatable bonds is 6. The van der Waals surface area contributed by atoms with Crippen molar-refractivity contribution in [2.45, 2.75) is 27.2 Å².